The highest BCUT2D eigenvalue weighted by atomic mass is 19.1. The molecule has 1 unspecified atom stereocenters. The Bertz CT molecular complexity index is 321. The predicted octanol–water partition coefficient (Wildman–Crippen LogP) is 2.61. The van der Waals surface area contributed by atoms with Gasteiger partial charge in [0.25, 0.3) is 0 Å². The summed E-state index contributed by atoms with van der Waals surface area (Å²) < 4.78 is 18.1. The van der Waals surface area contributed by atoms with Crippen molar-refractivity contribution in [2.24, 2.45) is 5.92 Å². The van der Waals surface area contributed by atoms with Gasteiger partial charge in [-0.05, 0) is 25.0 Å². The summed E-state index contributed by atoms with van der Waals surface area (Å²) in [5.41, 5.74) is -0.897. The minimum absolute atomic E-state index is 0.0889. The molecule has 1 N–H and O–H groups in total. The molecule has 0 spiro atoms. The monoisotopic (exact) mass is 212 g/mol. The molecule has 1 aromatic rings. The molecule has 2 nitrogen and oxygen atoms in total. The fourth-order valence-electron chi connectivity index (χ4n) is 0.953. The number of aliphatic hydroxyl groups is 1. The Morgan fingerprint density at radius 2 is 2.13 bits per heavy atom. The van der Waals surface area contributed by atoms with Crippen molar-refractivity contribution in [3.8, 4) is 5.75 Å². The zero-order valence-electron chi connectivity index (χ0n) is 9.33. The zero-order valence-corrected chi connectivity index (χ0v) is 9.33. The molecule has 1 rings (SSSR count). The predicted molar refractivity (Wildman–Crippen MR) is 57.4 cm³/mol. The Hall–Kier alpha value is -1.09. The molecular formula is C12H17FO2. The summed E-state index contributed by atoms with van der Waals surface area (Å²) in [7, 11) is 0. The van der Waals surface area contributed by atoms with E-state index in [0.717, 1.165) is 0 Å². The Labute approximate surface area is 89.7 Å². The lowest BCUT2D eigenvalue weighted by Gasteiger charge is -2.27. The van der Waals surface area contributed by atoms with Crippen LogP contribution < -0.4 is 4.74 Å². The van der Waals surface area contributed by atoms with Crippen LogP contribution in [0.2, 0.25) is 0 Å². The van der Waals surface area contributed by atoms with Crippen molar-refractivity contribution < 1.29 is 14.2 Å². The molecular weight excluding hydrogens is 195 g/mol. The van der Waals surface area contributed by atoms with E-state index in [0.29, 0.717) is 5.75 Å². The molecule has 1 aromatic carbocycles. The molecule has 0 heterocycles. The van der Waals surface area contributed by atoms with Crippen molar-refractivity contribution in [2.45, 2.75) is 26.4 Å². The van der Waals surface area contributed by atoms with Gasteiger partial charge in [-0.15, -0.1) is 0 Å². The zero-order chi connectivity index (χ0) is 11.5. The molecule has 0 saturated carbocycles. The van der Waals surface area contributed by atoms with Crippen molar-refractivity contribution in [1.82, 2.24) is 0 Å². The van der Waals surface area contributed by atoms with Gasteiger partial charge < -0.3 is 9.84 Å². The number of hydrogen-bond acceptors (Lipinski definition) is 2. The highest BCUT2D eigenvalue weighted by Crippen LogP contribution is 2.19. The molecule has 84 valence electrons. The van der Waals surface area contributed by atoms with Crippen LogP contribution in [-0.4, -0.2) is 17.3 Å². The van der Waals surface area contributed by atoms with E-state index >= 15 is 0 Å². The molecule has 0 amide bonds. The fourth-order valence-corrected chi connectivity index (χ4v) is 0.953. The summed E-state index contributed by atoms with van der Waals surface area (Å²) in [5, 5.41) is 9.90. The third-order valence-electron chi connectivity index (χ3n) is 2.57. The number of rotatable bonds is 4. The molecule has 0 fully saturated rings. The lowest BCUT2D eigenvalue weighted by atomic mass is 9.94. The van der Waals surface area contributed by atoms with Gasteiger partial charge in [0, 0.05) is 6.07 Å². The Morgan fingerprint density at radius 3 is 2.67 bits per heavy atom. The van der Waals surface area contributed by atoms with Crippen LogP contribution in [0.15, 0.2) is 24.3 Å². The van der Waals surface area contributed by atoms with Gasteiger partial charge in [-0.25, -0.2) is 4.39 Å². The second-order valence-electron chi connectivity index (χ2n) is 4.26. The number of benzene rings is 1. The van der Waals surface area contributed by atoms with Gasteiger partial charge in [-0.2, -0.15) is 0 Å². The minimum Gasteiger partial charge on any atom is -0.490 e. The maximum Gasteiger partial charge on any atom is 0.126 e. The SMILES string of the molecule is CC(C)C(C)(O)COc1cccc(F)c1. The normalized spacial score (nSPS) is 15.1. The van der Waals surface area contributed by atoms with Crippen LogP contribution in [0.3, 0.4) is 0 Å². The first-order chi connectivity index (χ1) is 6.92. The van der Waals surface area contributed by atoms with Gasteiger partial charge in [0.1, 0.15) is 18.2 Å². The average Bonchev–Trinajstić information content (AvgIpc) is 2.15. The molecule has 0 bridgehead atoms. The van der Waals surface area contributed by atoms with E-state index in [2.05, 4.69) is 0 Å². The first-order valence-corrected chi connectivity index (χ1v) is 5.02. The van der Waals surface area contributed by atoms with Gasteiger partial charge in [0.15, 0.2) is 0 Å². The standard InChI is InChI=1S/C12H17FO2/c1-9(2)12(3,14)8-15-11-6-4-5-10(13)7-11/h4-7,9,14H,8H2,1-3H3. The van der Waals surface area contributed by atoms with Crippen LogP contribution in [0.5, 0.6) is 5.75 Å². The maximum absolute atomic E-state index is 12.8. The van der Waals surface area contributed by atoms with Gasteiger partial charge in [-0.1, -0.05) is 19.9 Å². The Balaban J connectivity index is 2.57. The van der Waals surface area contributed by atoms with Crippen LogP contribution in [0.1, 0.15) is 20.8 Å². The Kier molecular flexibility index (Phi) is 3.69. The molecule has 1 atom stereocenters. The van der Waals surface area contributed by atoms with Gasteiger partial charge in [0.05, 0.1) is 5.60 Å². The number of hydrogen-bond donors (Lipinski definition) is 1. The van der Waals surface area contributed by atoms with Crippen LogP contribution >= 0.6 is 0 Å². The van der Waals surface area contributed by atoms with E-state index in [1.807, 2.05) is 13.8 Å². The van der Waals surface area contributed by atoms with Crippen molar-refractivity contribution in [3.05, 3.63) is 30.1 Å². The maximum atomic E-state index is 12.8. The largest absolute Gasteiger partial charge is 0.490 e. The van der Waals surface area contributed by atoms with E-state index < -0.39 is 5.60 Å². The fraction of sp³-hybridized carbons (Fsp3) is 0.500. The third kappa shape index (κ3) is 3.51. The van der Waals surface area contributed by atoms with Crippen molar-refractivity contribution in [3.63, 3.8) is 0 Å². The summed E-state index contributed by atoms with van der Waals surface area (Å²) in [6.45, 7) is 5.69. The van der Waals surface area contributed by atoms with Crippen LogP contribution in [0, 0.1) is 11.7 Å². The van der Waals surface area contributed by atoms with Gasteiger partial charge >= 0.3 is 0 Å². The molecule has 0 aliphatic rings. The first-order valence-electron chi connectivity index (χ1n) is 5.02. The lowest BCUT2D eigenvalue weighted by Crippen LogP contribution is -2.37. The number of halogens is 1. The van der Waals surface area contributed by atoms with E-state index in [-0.39, 0.29) is 18.3 Å². The third-order valence-corrected chi connectivity index (χ3v) is 2.57. The molecule has 0 radical (unpaired) electrons. The molecule has 3 heteroatoms. The van der Waals surface area contributed by atoms with Gasteiger partial charge in [-0.3, -0.25) is 0 Å². The minimum atomic E-state index is -0.897. The summed E-state index contributed by atoms with van der Waals surface area (Å²) >= 11 is 0. The summed E-state index contributed by atoms with van der Waals surface area (Å²) in [4.78, 5) is 0. The average molecular weight is 212 g/mol. The van der Waals surface area contributed by atoms with E-state index in [1.54, 1.807) is 19.1 Å². The van der Waals surface area contributed by atoms with E-state index in [9.17, 15) is 9.50 Å². The molecule has 0 aliphatic carbocycles. The summed E-state index contributed by atoms with van der Waals surface area (Å²) in [6, 6.07) is 5.90. The smallest absolute Gasteiger partial charge is 0.126 e. The first kappa shape index (κ1) is 12.0. The van der Waals surface area contributed by atoms with Gasteiger partial charge in [0.2, 0.25) is 0 Å². The quantitative estimate of drug-likeness (QED) is 0.831. The molecule has 0 aliphatic heterocycles. The second kappa shape index (κ2) is 4.62. The van der Waals surface area contributed by atoms with Crippen molar-refractivity contribution >= 4 is 0 Å². The number of ether oxygens (including phenoxy) is 1. The Morgan fingerprint density at radius 1 is 1.47 bits per heavy atom. The highest BCUT2D eigenvalue weighted by molar-refractivity contribution is 5.22. The molecule has 0 aromatic heterocycles. The van der Waals surface area contributed by atoms with Crippen LogP contribution in [0.4, 0.5) is 4.39 Å². The van der Waals surface area contributed by atoms with Crippen molar-refractivity contribution in [2.75, 3.05) is 6.61 Å². The topological polar surface area (TPSA) is 29.5 Å². The summed E-state index contributed by atoms with van der Waals surface area (Å²) in [6.07, 6.45) is 0. The van der Waals surface area contributed by atoms with E-state index in [1.165, 1.54) is 12.1 Å². The van der Waals surface area contributed by atoms with E-state index in [4.69, 9.17) is 4.74 Å². The highest BCUT2D eigenvalue weighted by Gasteiger charge is 2.25. The lowest BCUT2D eigenvalue weighted by molar-refractivity contribution is -0.0267. The van der Waals surface area contributed by atoms with Crippen molar-refractivity contribution in [1.29, 1.82) is 0 Å². The molecule has 0 saturated heterocycles. The summed E-state index contributed by atoms with van der Waals surface area (Å²) in [5.74, 6) is 0.193. The van der Waals surface area contributed by atoms with Crippen LogP contribution in [-0.2, 0) is 0 Å². The second-order valence-corrected chi connectivity index (χ2v) is 4.26. The molecule has 15 heavy (non-hydrogen) atoms. The van der Waals surface area contributed by atoms with Crippen LogP contribution in [0.25, 0.3) is 0 Å².